The van der Waals surface area contributed by atoms with Crippen molar-refractivity contribution < 1.29 is 22.8 Å². The van der Waals surface area contributed by atoms with Gasteiger partial charge < -0.3 is 15.1 Å². The molecule has 4 heterocycles. The first kappa shape index (κ1) is 26.3. The molecule has 0 aromatic carbocycles. The van der Waals surface area contributed by atoms with Crippen molar-refractivity contribution in [1.29, 1.82) is 0 Å². The third-order valence-electron chi connectivity index (χ3n) is 5.97. The number of hydrogen-bond donors (Lipinski definition) is 2. The number of likely N-dealkylation sites (tertiary alicyclic amines) is 2. The number of halogens is 1. The molecule has 2 aliphatic heterocycles. The standard InChI is InChI=1S/C23H26ClN5O5S2/c24-20-8-7-17(35-20)9-13-36(33,34)27-18-5-2-11-28(23(18)32)15-21(30)29-12-3-6-19(29)22(31)26-16-4-1-10-25-14-16/h1,4,7-10,13-14,18-19,27H,2-3,5-6,11-12,15H2,(H,26,31)/t18-,19-/m0/s1. The van der Waals surface area contributed by atoms with Crippen LogP contribution in [-0.4, -0.2) is 72.6 Å². The number of pyridine rings is 1. The fraction of sp³-hybridized carbons (Fsp3) is 0.391. The molecule has 2 atom stereocenters. The summed E-state index contributed by atoms with van der Waals surface area (Å²) < 4.78 is 28.0. The summed E-state index contributed by atoms with van der Waals surface area (Å²) in [7, 11) is -3.89. The number of thiophene rings is 1. The SMILES string of the molecule is O=C(Nc1cccnc1)[C@@H]1CCCN1C(=O)CN1CCC[C@H](NS(=O)(=O)C=Cc2ccc(Cl)s2)C1=O. The minimum absolute atomic E-state index is 0.211. The quantitative estimate of drug-likeness (QED) is 0.518. The van der Waals surface area contributed by atoms with Crippen LogP contribution in [0.25, 0.3) is 6.08 Å². The number of nitrogens with zero attached hydrogens (tertiary/aromatic N) is 3. The minimum atomic E-state index is -3.89. The van der Waals surface area contributed by atoms with E-state index in [-0.39, 0.29) is 18.4 Å². The Morgan fingerprint density at radius 2 is 2.00 bits per heavy atom. The molecule has 0 spiro atoms. The molecule has 2 aliphatic rings. The van der Waals surface area contributed by atoms with E-state index in [0.717, 1.165) is 5.41 Å². The average Bonchev–Trinajstić information content (AvgIpc) is 3.50. The Morgan fingerprint density at radius 1 is 1.19 bits per heavy atom. The van der Waals surface area contributed by atoms with Gasteiger partial charge in [-0.3, -0.25) is 19.4 Å². The van der Waals surface area contributed by atoms with Gasteiger partial charge in [-0.05, 0) is 56.0 Å². The Balaban J connectivity index is 1.35. The van der Waals surface area contributed by atoms with Crippen LogP contribution in [0.4, 0.5) is 5.69 Å². The molecular weight excluding hydrogens is 526 g/mol. The first-order valence-electron chi connectivity index (χ1n) is 11.5. The Kier molecular flexibility index (Phi) is 8.39. The molecule has 0 aliphatic carbocycles. The van der Waals surface area contributed by atoms with Gasteiger partial charge in [0.2, 0.25) is 27.7 Å². The van der Waals surface area contributed by atoms with Gasteiger partial charge in [-0.15, -0.1) is 11.3 Å². The Labute approximate surface area is 218 Å². The number of piperidine rings is 1. The zero-order chi connectivity index (χ0) is 25.7. The van der Waals surface area contributed by atoms with E-state index in [4.69, 9.17) is 11.6 Å². The molecule has 0 radical (unpaired) electrons. The highest BCUT2D eigenvalue weighted by molar-refractivity contribution is 7.92. The van der Waals surface area contributed by atoms with Gasteiger partial charge in [0.05, 0.1) is 22.8 Å². The second kappa shape index (κ2) is 11.5. The van der Waals surface area contributed by atoms with Gasteiger partial charge in [0.15, 0.2) is 0 Å². The summed E-state index contributed by atoms with van der Waals surface area (Å²) in [5.74, 6) is -1.10. The lowest BCUT2D eigenvalue weighted by Gasteiger charge is -2.33. The van der Waals surface area contributed by atoms with Crippen molar-refractivity contribution in [2.75, 3.05) is 25.0 Å². The van der Waals surface area contributed by atoms with Crippen LogP contribution in [0.1, 0.15) is 30.6 Å². The van der Waals surface area contributed by atoms with Crippen LogP contribution >= 0.6 is 22.9 Å². The van der Waals surface area contributed by atoms with Crippen LogP contribution in [-0.2, 0) is 24.4 Å². The number of hydrogen-bond acceptors (Lipinski definition) is 7. The molecule has 4 rings (SSSR count). The largest absolute Gasteiger partial charge is 0.332 e. The van der Waals surface area contributed by atoms with Gasteiger partial charge in [-0.25, -0.2) is 8.42 Å². The number of rotatable bonds is 8. The van der Waals surface area contributed by atoms with E-state index in [0.29, 0.717) is 53.7 Å². The van der Waals surface area contributed by atoms with Crippen LogP contribution in [0.15, 0.2) is 42.1 Å². The lowest BCUT2D eigenvalue weighted by Crippen LogP contribution is -2.55. The highest BCUT2D eigenvalue weighted by Crippen LogP contribution is 2.23. The number of anilines is 1. The predicted molar refractivity (Wildman–Crippen MR) is 138 cm³/mol. The normalized spacial score (nSPS) is 20.8. The van der Waals surface area contributed by atoms with Crippen LogP contribution in [0.5, 0.6) is 0 Å². The van der Waals surface area contributed by atoms with E-state index in [1.807, 2.05) is 0 Å². The summed E-state index contributed by atoms with van der Waals surface area (Å²) in [6.45, 7) is 0.545. The Morgan fingerprint density at radius 3 is 2.72 bits per heavy atom. The fourth-order valence-corrected chi connectivity index (χ4v) is 6.34. The molecule has 0 saturated carbocycles. The van der Waals surface area contributed by atoms with Crippen molar-refractivity contribution >= 4 is 62.4 Å². The van der Waals surface area contributed by atoms with Gasteiger partial charge in [-0.2, -0.15) is 4.72 Å². The van der Waals surface area contributed by atoms with Crippen molar-refractivity contribution in [2.45, 2.75) is 37.8 Å². The van der Waals surface area contributed by atoms with Crippen LogP contribution < -0.4 is 10.0 Å². The number of amides is 3. The number of sulfonamides is 1. The maximum atomic E-state index is 13.1. The van der Waals surface area contributed by atoms with Gasteiger partial charge in [0.25, 0.3) is 0 Å². The first-order valence-corrected chi connectivity index (χ1v) is 14.2. The van der Waals surface area contributed by atoms with Crippen LogP contribution in [0.2, 0.25) is 4.34 Å². The summed E-state index contributed by atoms with van der Waals surface area (Å²) in [6, 6.07) is 5.18. The maximum absolute atomic E-state index is 13.1. The molecule has 2 saturated heterocycles. The first-order chi connectivity index (χ1) is 17.2. The van der Waals surface area contributed by atoms with Crippen LogP contribution in [0.3, 0.4) is 0 Å². The third-order valence-corrected chi connectivity index (χ3v) is 8.28. The molecule has 36 heavy (non-hydrogen) atoms. The van der Waals surface area contributed by atoms with E-state index < -0.39 is 28.0 Å². The van der Waals surface area contributed by atoms with Gasteiger partial charge in [0, 0.05) is 29.6 Å². The third kappa shape index (κ3) is 6.69. The smallest absolute Gasteiger partial charge is 0.247 e. The molecule has 2 fully saturated rings. The molecular formula is C23H26ClN5O5S2. The lowest BCUT2D eigenvalue weighted by atomic mass is 10.1. The number of carbonyl (C=O) groups excluding carboxylic acids is 3. The molecule has 13 heteroatoms. The second-order valence-corrected chi connectivity index (χ2v) is 11.9. The molecule has 0 bridgehead atoms. The summed E-state index contributed by atoms with van der Waals surface area (Å²) in [5, 5.41) is 3.78. The van der Waals surface area contributed by atoms with Crippen molar-refractivity contribution in [3.63, 3.8) is 0 Å². The topological polar surface area (TPSA) is 129 Å². The predicted octanol–water partition coefficient (Wildman–Crippen LogP) is 2.31. The van der Waals surface area contributed by atoms with Gasteiger partial charge in [-0.1, -0.05) is 11.6 Å². The summed E-state index contributed by atoms with van der Waals surface area (Å²) >= 11 is 7.10. The van der Waals surface area contributed by atoms with E-state index in [2.05, 4.69) is 15.0 Å². The zero-order valence-corrected chi connectivity index (χ0v) is 21.7. The van der Waals surface area contributed by atoms with E-state index >= 15 is 0 Å². The number of nitrogens with one attached hydrogen (secondary N) is 2. The Bertz CT molecular complexity index is 1250. The van der Waals surface area contributed by atoms with Crippen molar-refractivity contribution in [1.82, 2.24) is 19.5 Å². The monoisotopic (exact) mass is 551 g/mol. The highest BCUT2D eigenvalue weighted by atomic mass is 35.5. The van der Waals surface area contributed by atoms with Crippen molar-refractivity contribution in [3.8, 4) is 0 Å². The number of aromatic nitrogens is 1. The van der Waals surface area contributed by atoms with E-state index in [1.165, 1.54) is 33.4 Å². The molecule has 2 N–H and O–H groups in total. The number of carbonyl (C=O) groups is 3. The molecule has 2 aromatic heterocycles. The highest BCUT2D eigenvalue weighted by Gasteiger charge is 2.37. The molecule has 0 unspecified atom stereocenters. The van der Waals surface area contributed by atoms with Crippen LogP contribution in [0, 0.1) is 0 Å². The maximum Gasteiger partial charge on any atom is 0.247 e. The average molecular weight is 552 g/mol. The zero-order valence-electron chi connectivity index (χ0n) is 19.3. The molecule has 192 valence electrons. The Hall–Kier alpha value is -2.80. The fourth-order valence-electron chi connectivity index (χ4n) is 4.27. The lowest BCUT2D eigenvalue weighted by molar-refractivity contribution is -0.144. The summed E-state index contributed by atoms with van der Waals surface area (Å²) in [4.78, 5) is 46.3. The second-order valence-electron chi connectivity index (χ2n) is 8.54. The van der Waals surface area contributed by atoms with Gasteiger partial charge in [0.1, 0.15) is 12.1 Å². The summed E-state index contributed by atoms with van der Waals surface area (Å²) in [5.41, 5.74) is 0.541. The van der Waals surface area contributed by atoms with Gasteiger partial charge >= 0.3 is 0 Å². The van der Waals surface area contributed by atoms with Crippen molar-refractivity contribution in [3.05, 3.63) is 51.3 Å². The molecule has 3 amide bonds. The summed E-state index contributed by atoms with van der Waals surface area (Å²) in [6.07, 6.45) is 6.61. The molecule has 2 aromatic rings. The van der Waals surface area contributed by atoms with Crippen molar-refractivity contribution in [2.24, 2.45) is 0 Å². The molecule has 10 nitrogen and oxygen atoms in total. The minimum Gasteiger partial charge on any atom is -0.332 e. The van der Waals surface area contributed by atoms with E-state index in [9.17, 15) is 22.8 Å². The van der Waals surface area contributed by atoms with E-state index in [1.54, 1.807) is 30.5 Å².